The Hall–Kier alpha value is -2.18. The monoisotopic (exact) mass is 318 g/mol. The largest absolute Gasteiger partial charge is 0.358 e. The molecule has 0 radical (unpaired) electrons. The number of carbonyl (C=O) groups excluding carboxylic acids is 2. The molecule has 2 rings (SSSR count). The van der Waals surface area contributed by atoms with Gasteiger partial charge in [0.05, 0.1) is 12.1 Å². The highest BCUT2D eigenvalue weighted by Gasteiger charge is 2.23. The van der Waals surface area contributed by atoms with Crippen molar-refractivity contribution < 1.29 is 19.1 Å². The summed E-state index contributed by atoms with van der Waals surface area (Å²) in [5, 5.41) is 3.33. The fraction of sp³-hybridized carbons (Fsp3) is 0.412. The van der Waals surface area contributed by atoms with Crippen LogP contribution in [0.15, 0.2) is 24.3 Å². The number of amides is 1. The number of rotatable bonds is 8. The second-order valence-corrected chi connectivity index (χ2v) is 5.05. The number of benzene rings is 1. The lowest BCUT2D eigenvalue weighted by atomic mass is 10.1. The zero-order valence-electron chi connectivity index (χ0n) is 13.6. The third kappa shape index (κ3) is 3.97. The van der Waals surface area contributed by atoms with Crippen molar-refractivity contribution in [1.82, 2.24) is 10.3 Å². The number of aromatic amines is 1. The Balaban J connectivity index is 2.10. The molecule has 0 saturated carbocycles. The van der Waals surface area contributed by atoms with Gasteiger partial charge in [-0.05, 0) is 26.8 Å². The molecule has 2 aromatic rings. The van der Waals surface area contributed by atoms with Gasteiger partial charge in [0.2, 0.25) is 0 Å². The average Bonchev–Trinajstić information content (AvgIpc) is 2.87. The Bertz CT molecular complexity index is 687. The smallest absolute Gasteiger partial charge is 0.292 e. The highest BCUT2D eigenvalue weighted by atomic mass is 16.7. The van der Waals surface area contributed by atoms with Gasteiger partial charge in [-0.15, -0.1) is 0 Å². The van der Waals surface area contributed by atoms with Crippen LogP contribution in [0.5, 0.6) is 0 Å². The summed E-state index contributed by atoms with van der Waals surface area (Å²) in [7, 11) is 0. The molecule has 6 heteroatoms. The van der Waals surface area contributed by atoms with E-state index in [1.165, 1.54) is 0 Å². The summed E-state index contributed by atoms with van der Waals surface area (Å²) in [5.41, 5.74) is 1.92. The zero-order chi connectivity index (χ0) is 16.8. The number of aryl methyl sites for hydroxylation is 1. The van der Waals surface area contributed by atoms with Gasteiger partial charge in [-0.1, -0.05) is 18.2 Å². The third-order valence-corrected chi connectivity index (χ3v) is 3.46. The molecule has 1 aromatic heterocycles. The van der Waals surface area contributed by atoms with Crippen molar-refractivity contribution in [3.63, 3.8) is 0 Å². The number of ether oxygens (including phenoxy) is 2. The molecular weight excluding hydrogens is 296 g/mol. The van der Waals surface area contributed by atoms with Crippen LogP contribution in [0.2, 0.25) is 0 Å². The third-order valence-electron chi connectivity index (χ3n) is 3.46. The molecule has 2 N–H and O–H groups in total. The molecule has 0 aliphatic rings. The molecule has 0 saturated heterocycles. The van der Waals surface area contributed by atoms with Crippen LogP contribution >= 0.6 is 0 Å². The van der Waals surface area contributed by atoms with Gasteiger partial charge in [-0.3, -0.25) is 9.59 Å². The molecular formula is C17H22N2O4. The molecule has 0 spiro atoms. The van der Waals surface area contributed by atoms with E-state index in [4.69, 9.17) is 9.47 Å². The Morgan fingerprint density at radius 1 is 1.17 bits per heavy atom. The van der Waals surface area contributed by atoms with Crippen LogP contribution in [0.25, 0.3) is 10.9 Å². The van der Waals surface area contributed by atoms with E-state index in [9.17, 15) is 9.59 Å². The summed E-state index contributed by atoms with van der Waals surface area (Å²) >= 11 is 0. The summed E-state index contributed by atoms with van der Waals surface area (Å²) in [6.45, 7) is 6.53. The molecule has 0 aliphatic carbocycles. The predicted octanol–water partition coefficient (Wildman–Crippen LogP) is 2.17. The standard InChI is InChI=1S/C17H22N2O4/c1-4-22-14(23-5-2)10-18-17(21)16(20)15-11(3)19-13-9-7-6-8-12(13)15/h6-9,14,19H,4-5,10H2,1-3H3,(H,18,21). The van der Waals surface area contributed by atoms with Crippen LogP contribution in [0.4, 0.5) is 0 Å². The lowest BCUT2D eigenvalue weighted by Gasteiger charge is -2.17. The van der Waals surface area contributed by atoms with Gasteiger partial charge in [0.25, 0.3) is 11.7 Å². The Labute approximate surface area is 135 Å². The number of carbonyl (C=O) groups is 2. The molecule has 0 atom stereocenters. The molecule has 0 aliphatic heterocycles. The fourth-order valence-electron chi connectivity index (χ4n) is 2.48. The van der Waals surface area contributed by atoms with Crippen molar-refractivity contribution in [2.75, 3.05) is 19.8 Å². The zero-order valence-corrected chi connectivity index (χ0v) is 13.6. The van der Waals surface area contributed by atoms with Crippen LogP contribution in [0.1, 0.15) is 29.9 Å². The van der Waals surface area contributed by atoms with E-state index in [1.54, 1.807) is 6.92 Å². The molecule has 1 amide bonds. The van der Waals surface area contributed by atoms with Crippen LogP contribution in [0, 0.1) is 6.92 Å². The molecule has 0 bridgehead atoms. The first-order valence-corrected chi connectivity index (χ1v) is 7.71. The molecule has 0 unspecified atom stereocenters. The summed E-state index contributed by atoms with van der Waals surface area (Å²) < 4.78 is 10.7. The number of hydrogen-bond donors (Lipinski definition) is 2. The van der Waals surface area contributed by atoms with E-state index < -0.39 is 18.0 Å². The minimum Gasteiger partial charge on any atom is -0.358 e. The molecule has 0 fully saturated rings. The number of aromatic nitrogens is 1. The number of nitrogens with one attached hydrogen (secondary N) is 2. The van der Waals surface area contributed by atoms with E-state index in [0.717, 1.165) is 10.9 Å². The minimum atomic E-state index is -0.665. The summed E-state index contributed by atoms with van der Waals surface area (Å²) in [6, 6.07) is 7.41. The van der Waals surface area contributed by atoms with Crippen molar-refractivity contribution in [1.29, 1.82) is 0 Å². The van der Waals surface area contributed by atoms with E-state index >= 15 is 0 Å². The van der Waals surface area contributed by atoms with E-state index in [1.807, 2.05) is 38.1 Å². The first-order chi connectivity index (χ1) is 11.1. The summed E-state index contributed by atoms with van der Waals surface area (Å²) in [5.74, 6) is -1.23. The maximum absolute atomic E-state index is 12.5. The van der Waals surface area contributed by atoms with Crippen molar-refractivity contribution in [2.24, 2.45) is 0 Å². The lowest BCUT2D eigenvalue weighted by Crippen LogP contribution is -2.39. The van der Waals surface area contributed by atoms with Gasteiger partial charge < -0.3 is 19.8 Å². The second kappa shape index (κ2) is 7.89. The highest BCUT2D eigenvalue weighted by Crippen LogP contribution is 2.22. The number of fused-ring (bicyclic) bond motifs is 1. The number of hydrogen-bond acceptors (Lipinski definition) is 4. The normalized spacial score (nSPS) is 11.1. The number of para-hydroxylation sites is 1. The first-order valence-electron chi connectivity index (χ1n) is 7.71. The van der Waals surface area contributed by atoms with Crippen LogP contribution < -0.4 is 5.32 Å². The van der Waals surface area contributed by atoms with Gasteiger partial charge in [-0.2, -0.15) is 0 Å². The predicted molar refractivity (Wildman–Crippen MR) is 87.4 cm³/mol. The average molecular weight is 318 g/mol. The van der Waals surface area contributed by atoms with Crippen molar-refractivity contribution in [3.8, 4) is 0 Å². The Morgan fingerprint density at radius 2 is 1.83 bits per heavy atom. The van der Waals surface area contributed by atoms with Gasteiger partial charge in [0.1, 0.15) is 0 Å². The maximum Gasteiger partial charge on any atom is 0.292 e. The van der Waals surface area contributed by atoms with Crippen LogP contribution in [-0.2, 0) is 14.3 Å². The Kier molecular flexibility index (Phi) is 5.90. The van der Waals surface area contributed by atoms with Crippen LogP contribution in [-0.4, -0.2) is 42.7 Å². The molecule has 1 heterocycles. The fourth-order valence-corrected chi connectivity index (χ4v) is 2.48. The minimum absolute atomic E-state index is 0.133. The Morgan fingerprint density at radius 3 is 2.48 bits per heavy atom. The number of Topliss-reactive ketones (excluding diaryl/α,β-unsaturated/α-hetero) is 1. The van der Waals surface area contributed by atoms with Crippen molar-refractivity contribution in [2.45, 2.75) is 27.1 Å². The van der Waals surface area contributed by atoms with Gasteiger partial charge in [0.15, 0.2) is 6.29 Å². The maximum atomic E-state index is 12.5. The first kappa shape index (κ1) is 17.2. The quantitative estimate of drug-likeness (QED) is 0.444. The van der Waals surface area contributed by atoms with Crippen molar-refractivity contribution in [3.05, 3.63) is 35.5 Å². The van der Waals surface area contributed by atoms with E-state index in [0.29, 0.717) is 24.5 Å². The SMILES string of the molecule is CCOC(CNC(=O)C(=O)c1c(C)[nH]c2ccccc12)OCC. The molecule has 1 aromatic carbocycles. The van der Waals surface area contributed by atoms with E-state index in [-0.39, 0.29) is 6.54 Å². The van der Waals surface area contributed by atoms with E-state index in [2.05, 4.69) is 10.3 Å². The van der Waals surface area contributed by atoms with Gasteiger partial charge >= 0.3 is 0 Å². The molecule has 23 heavy (non-hydrogen) atoms. The van der Waals surface area contributed by atoms with Gasteiger partial charge in [0, 0.05) is 29.8 Å². The molecule has 124 valence electrons. The topological polar surface area (TPSA) is 80.4 Å². The van der Waals surface area contributed by atoms with Crippen molar-refractivity contribution >= 4 is 22.6 Å². The number of H-pyrrole nitrogens is 1. The number of ketones is 1. The highest BCUT2D eigenvalue weighted by molar-refractivity contribution is 6.45. The second-order valence-electron chi connectivity index (χ2n) is 5.05. The summed E-state index contributed by atoms with van der Waals surface area (Å²) in [4.78, 5) is 27.7. The van der Waals surface area contributed by atoms with Crippen LogP contribution in [0.3, 0.4) is 0 Å². The summed E-state index contributed by atoms with van der Waals surface area (Å²) in [6.07, 6.45) is -0.550. The van der Waals surface area contributed by atoms with Gasteiger partial charge in [-0.25, -0.2) is 0 Å². The molecule has 6 nitrogen and oxygen atoms in total. The lowest BCUT2D eigenvalue weighted by molar-refractivity contribution is -0.138.